The molecule has 1 rings (SSSR count). The smallest absolute Gasteiger partial charge is 0.118 e. The summed E-state index contributed by atoms with van der Waals surface area (Å²) >= 11 is 0. The van der Waals surface area contributed by atoms with Crippen molar-refractivity contribution in [2.75, 3.05) is 13.6 Å². The van der Waals surface area contributed by atoms with E-state index >= 15 is 0 Å². The Morgan fingerprint density at radius 2 is 2.46 bits per heavy atom. The molecule has 2 N–H and O–H groups in total. The first kappa shape index (κ1) is 9.85. The molecule has 0 aliphatic heterocycles. The lowest BCUT2D eigenvalue weighted by atomic mass is 10.3. The van der Waals surface area contributed by atoms with Gasteiger partial charge in [-0.05, 0) is 13.1 Å². The Balaban J connectivity index is 2.49. The minimum absolute atomic E-state index is 0.516. The van der Waals surface area contributed by atoms with E-state index in [0.717, 1.165) is 17.9 Å². The summed E-state index contributed by atoms with van der Waals surface area (Å²) in [5.41, 5.74) is 6.46. The average molecular weight is 178 g/mol. The first-order valence-electron chi connectivity index (χ1n) is 4.14. The molecule has 0 aliphatic rings. The van der Waals surface area contributed by atoms with Crippen LogP contribution in [0.2, 0.25) is 0 Å². The molecule has 1 aromatic heterocycles. The van der Waals surface area contributed by atoms with Crippen molar-refractivity contribution in [1.29, 1.82) is 0 Å². The molecule has 0 amide bonds. The molecule has 3 nitrogen and oxygen atoms in total. The van der Waals surface area contributed by atoms with Crippen LogP contribution in [0.5, 0.6) is 0 Å². The minimum atomic E-state index is 0.516. The number of furan rings is 1. The van der Waals surface area contributed by atoms with E-state index in [1.807, 2.05) is 18.0 Å². The van der Waals surface area contributed by atoms with Crippen LogP contribution >= 0.6 is 0 Å². The molecular formula is C10H14N2O. The van der Waals surface area contributed by atoms with Crippen molar-refractivity contribution in [2.24, 2.45) is 5.73 Å². The summed E-state index contributed by atoms with van der Waals surface area (Å²) in [6, 6.07) is 1.95. The van der Waals surface area contributed by atoms with Crippen LogP contribution in [-0.2, 0) is 13.1 Å². The molecule has 0 saturated heterocycles. The summed E-state index contributed by atoms with van der Waals surface area (Å²) in [4.78, 5) is 2.00. The van der Waals surface area contributed by atoms with Gasteiger partial charge in [-0.2, -0.15) is 0 Å². The molecule has 0 atom stereocenters. The second-order valence-corrected chi connectivity index (χ2v) is 3.00. The minimum Gasteiger partial charge on any atom is -0.468 e. The molecule has 13 heavy (non-hydrogen) atoms. The van der Waals surface area contributed by atoms with Crippen LogP contribution in [-0.4, -0.2) is 18.5 Å². The van der Waals surface area contributed by atoms with E-state index < -0.39 is 0 Å². The summed E-state index contributed by atoms with van der Waals surface area (Å²) in [5, 5.41) is 0. The third-order valence-corrected chi connectivity index (χ3v) is 1.73. The second kappa shape index (κ2) is 4.70. The lowest BCUT2D eigenvalue weighted by molar-refractivity contribution is 0.327. The van der Waals surface area contributed by atoms with Crippen LogP contribution in [0.15, 0.2) is 16.7 Å². The predicted octanol–water partition coefficient (Wildman–Crippen LogP) is 0.803. The third-order valence-electron chi connectivity index (χ3n) is 1.73. The van der Waals surface area contributed by atoms with Gasteiger partial charge in [0.2, 0.25) is 0 Å². The highest BCUT2D eigenvalue weighted by Crippen LogP contribution is 2.08. The highest BCUT2D eigenvalue weighted by molar-refractivity contribution is 5.12. The fourth-order valence-corrected chi connectivity index (χ4v) is 1.09. The Hall–Kier alpha value is -1.24. The zero-order valence-corrected chi connectivity index (χ0v) is 7.79. The molecule has 1 heterocycles. The topological polar surface area (TPSA) is 42.4 Å². The Labute approximate surface area is 78.5 Å². The lowest BCUT2D eigenvalue weighted by Gasteiger charge is -2.09. The highest BCUT2D eigenvalue weighted by atomic mass is 16.3. The Kier molecular flexibility index (Phi) is 3.56. The van der Waals surface area contributed by atoms with Gasteiger partial charge in [-0.25, -0.2) is 0 Å². The van der Waals surface area contributed by atoms with Crippen LogP contribution in [0.1, 0.15) is 11.3 Å². The van der Waals surface area contributed by atoms with E-state index in [0.29, 0.717) is 13.1 Å². The number of hydrogen-bond acceptors (Lipinski definition) is 3. The first-order valence-corrected chi connectivity index (χ1v) is 4.14. The van der Waals surface area contributed by atoms with Gasteiger partial charge in [0.05, 0.1) is 19.4 Å². The molecule has 0 bridgehead atoms. The molecule has 0 radical (unpaired) electrons. The standard InChI is InChI=1S/C10H14N2O/c1-3-4-12(2)7-10-5-9(6-11)8-13-10/h1,5,8H,4,6-7,11H2,2H3. The number of nitrogens with two attached hydrogens (primary N) is 1. The van der Waals surface area contributed by atoms with E-state index in [1.165, 1.54) is 0 Å². The normalized spacial score (nSPS) is 10.3. The Bertz CT molecular complexity index is 298. The maximum atomic E-state index is 5.45. The van der Waals surface area contributed by atoms with E-state index in [4.69, 9.17) is 16.6 Å². The molecule has 0 spiro atoms. The molecule has 70 valence electrons. The molecule has 1 aromatic rings. The summed E-state index contributed by atoms with van der Waals surface area (Å²) < 4.78 is 5.28. The van der Waals surface area contributed by atoms with Crippen LogP contribution in [0.25, 0.3) is 0 Å². The SMILES string of the molecule is C#CCN(C)Cc1cc(CN)co1. The van der Waals surface area contributed by atoms with Crippen molar-refractivity contribution >= 4 is 0 Å². The predicted molar refractivity (Wildman–Crippen MR) is 51.8 cm³/mol. The first-order chi connectivity index (χ1) is 6.26. The van der Waals surface area contributed by atoms with E-state index in [9.17, 15) is 0 Å². The molecule has 0 saturated carbocycles. The maximum Gasteiger partial charge on any atom is 0.118 e. The van der Waals surface area contributed by atoms with E-state index in [2.05, 4.69) is 5.92 Å². The van der Waals surface area contributed by atoms with E-state index in [1.54, 1.807) is 6.26 Å². The van der Waals surface area contributed by atoms with Crippen molar-refractivity contribution < 1.29 is 4.42 Å². The van der Waals surface area contributed by atoms with Gasteiger partial charge < -0.3 is 10.2 Å². The van der Waals surface area contributed by atoms with Gasteiger partial charge in [0.25, 0.3) is 0 Å². The third kappa shape index (κ3) is 2.94. The highest BCUT2D eigenvalue weighted by Gasteiger charge is 2.03. The van der Waals surface area contributed by atoms with Crippen molar-refractivity contribution in [1.82, 2.24) is 4.90 Å². The van der Waals surface area contributed by atoms with Gasteiger partial charge in [0.15, 0.2) is 0 Å². The fraction of sp³-hybridized carbons (Fsp3) is 0.400. The Morgan fingerprint density at radius 1 is 1.69 bits per heavy atom. The summed E-state index contributed by atoms with van der Waals surface area (Å²) in [7, 11) is 1.95. The van der Waals surface area contributed by atoms with Crippen LogP contribution in [0.3, 0.4) is 0 Å². The van der Waals surface area contributed by atoms with Gasteiger partial charge in [0, 0.05) is 12.1 Å². The average Bonchev–Trinajstić information content (AvgIpc) is 2.52. The van der Waals surface area contributed by atoms with Crippen LogP contribution in [0, 0.1) is 12.3 Å². The zero-order chi connectivity index (χ0) is 9.68. The zero-order valence-electron chi connectivity index (χ0n) is 7.79. The lowest BCUT2D eigenvalue weighted by Crippen LogP contribution is -2.17. The van der Waals surface area contributed by atoms with Crippen molar-refractivity contribution in [3.05, 3.63) is 23.7 Å². The van der Waals surface area contributed by atoms with Crippen LogP contribution < -0.4 is 5.73 Å². The monoisotopic (exact) mass is 178 g/mol. The number of rotatable bonds is 4. The van der Waals surface area contributed by atoms with Crippen molar-refractivity contribution in [3.8, 4) is 12.3 Å². The van der Waals surface area contributed by atoms with Gasteiger partial charge in [-0.15, -0.1) is 6.42 Å². The maximum absolute atomic E-state index is 5.45. The van der Waals surface area contributed by atoms with Gasteiger partial charge in [0.1, 0.15) is 5.76 Å². The van der Waals surface area contributed by atoms with Crippen molar-refractivity contribution in [2.45, 2.75) is 13.1 Å². The molecule has 0 aromatic carbocycles. The second-order valence-electron chi connectivity index (χ2n) is 3.00. The van der Waals surface area contributed by atoms with Gasteiger partial charge in [-0.3, -0.25) is 4.90 Å². The number of hydrogen-bond donors (Lipinski definition) is 1. The molecule has 3 heteroatoms. The van der Waals surface area contributed by atoms with E-state index in [-0.39, 0.29) is 0 Å². The summed E-state index contributed by atoms with van der Waals surface area (Å²) in [6.45, 7) is 1.87. The Morgan fingerprint density at radius 3 is 3.00 bits per heavy atom. The molecular weight excluding hydrogens is 164 g/mol. The largest absolute Gasteiger partial charge is 0.468 e. The van der Waals surface area contributed by atoms with Crippen molar-refractivity contribution in [3.63, 3.8) is 0 Å². The number of nitrogens with zero attached hydrogens (tertiary/aromatic N) is 1. The van der Waals surface area contributed by atoms with Gasteiger partial charge in [-0.1, -0.05) is 5.92 Å². The fourth-order valence-electron chi connectivity index (χ4n) is 1.09. The van der Waals surface area contributed by atoms with Crippen LogP contribution in [0.4, 0.5) is 0 Å². The molecule has 0 unspecified atom stereocenters. The quantitative estimate of drug-likeness (QED) is 0.693. The molecule has 0 aliphatic carbocycles. The summed E-state index contributed by atoms with van der Waals surface area (Å²) in [6.07, 6.45) is 6.85. The summed E-state index contributed by atoms with van der Waals surface area (Å²) in [5.74, 6) is 3.47. The van der Waals surface area contributed by atoms with Gasteiger partial charge >= 0.3 is 0 Å². The molecule has 0 fully saturated rings. The number of terminal acetylenes is 1.